The Kier molecular flexibility index (Phi) is 5.29. The number of nitrogens with one attached hydrogen (secondary N) is 1. The third-order valence-electron chi connectivity index (χ3n) is 2.40. The van der Waals surface area contributed by atoms with E-state index in [-0.39, 0.29) is 16.8 Å². The molecule has 0 aliphatic heterocycles. The van der Waals surface area contributed by atoms with E-state index in [1.807, 2.05) is 0 Å². The molecule has 0 bridgehead atoms. The van der Waals surface area contributed by atoms with Gasteiger partial charge in [0.1, 0.15) is 11.9 Å². The maximum absolute atomic E-state index is 10.9. The number of halogens is 2. The van der Waals surface area contributed by atoms with Gasteiger partial charge in [0.15, 0.2) is 0 Å². The third-order valence-corrected chi connectivity index (χ3v) is 2.91. The summed E-state index contributed by atoms with van der Waals surface area (Å²) in [5.41, 5.74) is 0.373. The summed E-state index contributed by atoms with van der Waals surface area (Å²) in [5.74, 6) is 0.740. The van der Waals surface area contributed by atoms with Crippen molar-refractivity contribution < 1.29 is 9.66 Å². The van der Waals surface area contributed by atoms with Gasteiger partial charge in [-0.2, -0.15) is 4.98 Å². The number of aromatic nitrogens is 2. The molecule has 7 nitrogen and oxygen atoms in total. The molecule has 1 heterocycles. The van der Waals surface area contributed by atoms with Gasteiger partial charge in [-0.15, -0.1) is 0 Å². The van der Waals surface area contributed by atoms with E-state index in [1.165, 1.54) is 0 Å². The molecule has 21 heavy (non-hydrogen) atoms. The van der Waals surface area contributed by atoms with Gasteiger partial charge in [0.2, 0.25) is 11.1 Å². The van der Waals surface area contributed by atoms with Gasteiger partial charge >= 0.3 is 5.69 Å². The Bertz CT molecular complexity index is 639. The summed E-state index contributed by atoms with van der Waals surface area (Å²) in [4.78, 5) is 17.8. The van der Waals surface area contributed by atoms with Gasteiger partial charge in [0.05, 0.1) is 11.5 Å². The van der Waals surface area contributed by atoms with Crippen molar-refractivity contribution in [3.63, 3.8) is 0 Å². The zero-order valence-electron chi connectivity index (χ0n) is 10.6. The number of nitro groups is 1. The number of benzene rings is 1. The number of nitrogens with zero attached hydrogens (tertiary/aromatic N) is 3. The van der Waals surface area contributed by atoms with Gasteiger partial charge < -0.3 is 10.1 Å². The van der Waals surface area contributed by atoms with Crippen LogP contribution in [0, 0.1) is 10.1 Å². The van der Waals surface area contributed by atoms with Crippen molar-refractivity contribution in [1.82, 2.24) is 9.97 Å². The molecule has 0 spiro atoms. The number of anilines is 2. The zero-order valence-corrected chi connectivity index (χ0v) is 13.0. The molecule has 0 saturated heterocycles. The number of hydrogen-bond acceptors (Lipinski definition) is 6. The number of alkyl halides is 1. The van der Waals surface area contributed by atoms with Crippen molar-refractivity contribution in [2.75, 3.05) is 17.3 Å². The van der Waals surface area contributed by atoms with E-state index >= 15 is 0 Å². The first kappa shape index (κ1) is 15.5. The first-order valence-corrected chi connectivity index (χ1v) is 7.33. The molecule has 110 valence electrons. The highest BCUT2D eigenvalue weighted by atomic mass is 79.9. The van der Waals surface area contributed by atoms with E-state index in [0.717, 1.165) is 11.5 Å². The van der Waals surface area contributed by atoms with E-state index in [4.69, 9.17) is 16.3 Å². The minimum absolute atomic E-state index is 0.0362. The first-order valence-electron chi connectivity index (χ1n) is 5.83. The van der Waals surface area contributed by atoms with Gasteiger partial charge in [0, 0.05) is 11.0 Å². The standard InChI is InChI=1S/C12H10BrClN4O3/c13-5-6-21-9-3-1-8(2-4-9)16-11-10(18(19)20)7-15-12(14)17-11/h1-4,7H,5-6H2,(H,15,16,17). The van der Waals surface area contributed by atoms with Crippen LogP contribution in [0.15, 0.2) is 30.5 Å². The van der Waals surface area contributed by atoms with Crippen molar-refractivity contribution in [1.29, 1.82) is 0 Å². The second kappa shape index (κ2) is 7.19. The van der Waals surface area contributed by atoms with Crippen LogP contribution in [0.3, 0.4) is 0 Å². The molecular weight excluding hydrogens is 364 g/mol. The maximum atomic E-state index is 10.9. The van der Waals surface area contributed by atoms with Crippen LogP contribution < -0.4 is 10.1 Å². The van der Waals surface area contributed by atoms with Crippen LogP contribution in [-0.4, -0.2) is 26.8 Å². The Morgan fingerprint density at radius 2 is 2.10 bits per heavy atom. The Labute approximate surface area is 133 Å². The Morgan fingerprint density at radius 3 is 2.71 bits per heavy atom. The molecule has 9 heteroatoms. The second-order valence-electron chi connectivity index (χ2n) is 3.82. The highest BCUT2D eigenvalue weighted by Gasteiger charge is 2.17. The maximum Gasteiger partial charge on any atom is 0.329 e. The molecule has 0 fully saturated rings. The lowest BCUT2D eigenvalue weighted by atomic mass is 10.3. The summed E-state index contributed by atoms with van der Waals surface area (Å²) < 4.78 is 5.41. The van der Waals surface area contributed by atoms with E-state index in [9.17, 15) is 10.1 Å². The lowest BCUT2D eigenvalue weighted by Crippen LogP contribution is -2.01. The molecule has 2 aromatic rings. The normalized spacial score (nSPS) is 10.2. The van der Waals surface area contributed by atoms with E-state index in [2.05, 4.69) is 31.2 Å². The van der Waals surface area contributed by atoms with Crippen LogP contribution in [0.2, 0.25) is 5.28 Å². The molecule has 0 unspecified atom stereocenters. The number of ether oxygens (including phenoxy) is 1. The van der Waals surface area contributed by atoms with Crippen molar-refractivity contribution in [3.05, 3.63) is 45.9 Å². The van der Waals surface area contributed by atoms with Crippen molar-refractivity contribution in [3.8, 4) is 5.75 Å². The Balaban J connectivity index is 2.18. The second-order valence-corrected chi connectivity index (χ2v) is 4.95. The fraction of sp³-hybridized carbons (Fsp3) is 0.167. The smallest absolute Gasteiger partial charge is 0.329 e. The topological polar surface area (TPSA) is 90.2 Å². The molecule has 0 aliphatic rings. The molecule has 1 aromatic heterocycles. The van der Waals surface area contributed by atoms with E-state index in [1.54, 1.807) is 24.3 Å². The highest BCUT2D eigenvalue weighted by Crippen LogP contribution is 2.26. The summed E-state index contributed by atoms with van der Waals surface area (Å²) in [7, 11) is 0. The monoisotopic (exact) mass is 372 g/mol. The fourth-order valence-electron chi connectivity index (χ4n) is 1.51. The van der Waals surface area contributed by atoms with Gasteiger partial charge in [0.25, 0.3) is 0 Å². The molecule has 1 aromatic carbocycles. The Hall–Kier alpha value is -1.93. The molecule has 0 aliphatic carbocycles. The van der Waals surface area contributed by atoms with Crippen LogP contribution in [0.5, 0.6) is 5.75 Å². The summed E-state index contributed by atoms with van der Waals surface area (Å²) in [6.07, 6.45) is 1.06. The molecular formula is C12H10BrClN4O3. The lowest BCUT2D eigenvalue weighted by molar-refractivity contribution is -0.384. The molecule has 0 atom stereocenters. The fourth-order valence-corrected chi connectivity index (χ4v) is 1.80. The first-order chi connectivity index (χ1) is 10.1. The van der Waals surface area contributed by atoms with E-state index in [0.29, 0.717) is 18.0 Å². The van der Waals surface area contributed by atoms with Crippen molar-refractivity contribution in [2.45, 2.75) is 0 Å². The quantitative estimate of drug-likeness (QED) is 0.360. The molecule has 0 radical (unpaired) electrons. The average Bonchev–Trinajstić information content (AvgIpc) is 2.46. The van der Waals surface area contributed by atoms with Gasteiger partial charge in [-0.25, -0.2) is 4.98 Å². The van der Waals surface area contributed by atoms with Crippen LogP contribution in [0.1, 0.15) is 0 Å². The summed E-state index contributed by atoms with van der Waals surface area (Å²) in [6, 6.07) is 6.95. The molecule has 0 amide bonds. The van der Waals surface area contributed by atoms with Crippen LogP contribution in [0.25, 0.3) is 0 Å². The minimum atomic E-state index is -0.577. The van der Waals surface area contributed by atoms with Gasteiger partial charge in [-0.3, -0.25) is 10.1 Å². The van der Waals surface area contributed by atoms with Crippen molar-refractivity contribution >= 4 is 44.7 Å². The molecule has 2 rings (SSSR count). The summed E-state index contributed by atoms with van der Waals surface area (Å²) in [6.45, 7) is 0.555. The SMILES string of the molecule is O=[N+]([O-])c1cnc(Cl)nc1Nc1ccc(OCCBr)cc1. The van der Waals surface area contributed by atoms with Crippen LogP contribution in [-0.2, 0) is 0 Å². The lowest BCUT2D eigenvalue weighted by Gasteiger charge is -2.08. The predicted octanol–water partition coefficient (Wildman–Crippen LogP) is 3.56. The van der Waals surface area contributed by atoms with Crippen LogP contribution >= 0.6 is 27.5 Å². The van der Waals surface area contributed by atoms with E-state index < -0.39 is 4.92 Å². The van der Waals surface area contributed by atoms with Gasteiger partial charge in [-0.05, 0) is 35.9 Å². The zero-order chi connectivity index (χ0) is 15.2. The van der Waals surface area contributed by atoms with Crippen LogP contribution in [0.4, 0.5) is 17.2 Å². The number of hydrogen-bond donors (Lipinski definition) is 1. The highest BCUT2D eigenvalue weighted by molar-refractivity contribution is 9.09. The molecule has 1 N–H and O–H groups in total. The Morgan fingerprint density at radius 1 is 1.38 bits per heavy atom. The van der Waals surface area contributed by atoms with Crippen molar-refractivity contribution in [2.24, 2.45) is 0 Å². The summed E-state index contributed by atoms with van der Waals surface area (Å²) >= 11 is 8.93. The summed E-state index contributed by atoms with van der Waals surface area (Å²) in [5, 5.41) is 14.4. The third kappa shape index (κ3) is 4.27. The van der Waals surface area contributed by atoms with Gasteiger partial charge in [-0.1, -0.05) is 15.9 Å². The number of rotatable bonds is 6. The largest absolute Gasteiger partial charge is 0.493 e. The minimum Gasteiger partial charge on any atom is -0.493 e. The average molecular weight is 374 g/mol. The predicted molar refractivity (Wildman–Crippen MR) is 82.7 cm³/mol. The molecule has 0 saturated carbocycles.